The lowest BCUT2D eigenvalue weighted by Crippen LogP contribution is -1.94. The van der Waals surface area contributed by atoms with E-state index in [4.69, 9.17) is 17.3 Å². The van der Waals surface area contributed by atoms with Gasteiger partial charge in [-0.3, -0.25) is 0 Å². The first kappa shape index (κ1) is 12.4. The fourth-order valence-corrected chi connectivity index (χ4v) is 2.13. The Morgan fingerprint density at radius 1 is 1.18 bits per heavy atom. The first-order valence-electron chi connectivity index (χ1n) is 5.00. The van der Waals surface area contributed by atoms with Gasteiger partial charge in [-0.2, -0.15) is 0 Å². The standard InChI is InChI=1S/C13H10BrClFN/c1-7-2-3-8(11(17)6-7)9-4-5-10(14)12(15)13(9)16/h2-6H,17H2,1H3. The molecule has 2 aromatic rings. The molecule has 0 saturated heterocycles. The molecule has 0 fully saturated rings. The van der Waals surface area contributed by atoms with Gasteiger partial charge in [-0.25, -0.2) is 4.39 Å². The van der Waals surface area contributed by atoms with Gasteiger partial charge in [0.25, 0.3) is 0 Å². The molecule has 0 radical (unpaired) electrons. The molecule has 0 heterocycles. The number of hydrogen-bond acceptors (Lipinski definition) is 1. The van der Waals surface area contributed by atoms with Gasteiger partial charge >= 0.3 is 0 Å². The second-order valence-electron chi connectivity index (χ2n) is 3.81. The minimum absolute atomic E-state index is 0.0717. The van der Waals surface area contributed by atoms with Crippen LogP contribution in [0.3, 0.4) is 0 Å². The van der Waals surface area contributed by atoms with E-state index in [-0.39, 0.29) is 5.02 Å². The van der Waals surface area contributed by atoms with Gasteiger partial charge in [0.2, 0.25) is 0 Å². The summed E-state index contributed by atoms with van der Waals surface area (Å²) in [5.41, 5.74) is 8.54. The summed E-state index contributed by atoms with van der Waals surface area (Å²) in [5, 5.41) is 0.0717. The summed E-state index contributed by atoms with van der Waals surface area (Å²) in [6.45, 7) is 1.94. The summed E-state index contributed by atoms with van der Waals surface area (Å²) in [4.78, 5) is 0. The zero-order valence-electron chi connectivity index (χ0n) is 9.10. The third-order valence-electron chi connectivity index (χ3n) is 2.53. The average Bonchev–Trinajstić information content (AvgIpc) is 2.28. The minimum Gasteiger partial charge on any atom is -0.398 e. The van der Waals surface area contributed by atoms with Crippen molar-refractivity contribution in [3.8, 4) is 11.1 Å². The normalized spacial score (nSPS) is 10.6. The molecule has 0 aliphatic heterocycles. The molecule has 0 aliphatic carbocycles. The van der Waals surface area contributed by atoms with Crippen LogP contribution in [0.1, 0.15) is 5.56 Å². The van der Waals surface area contributed by atoms with E-state index in [0.717, 1.165) is 5.56 Å². The number of nitrogens with two attached hydrogens (primary N) is 1. The number of nitrogen functional groups attached to an aromatic ring is 1. The zero-order chi connectivity index (χ0) is 12.6. The van der Waals surface area contributed by atoms with Crippen molar-refractivity contribution in [1.29, 1.82) is 0 Å². The second kappa shape index (κ2) is 4.67. The van der Waals surface area contributed by atoms with E-state index in [9.17, 15) is 4.39 Å². The SMILES string of the molecule is Cc1ccc(-c2ccc(Br)c(Cl)c2F)c(N)c1. The van der Waals surface area contributed by atoms with Gasteiger partial charge in [0, 0.05) is 21.3 Å². The molecule has 4 heteroatoms. The highest BCUT2D eigenvalue weighted by atomic mass is 79.9. The quantitative estimate of drug-likeness (QED) is 0.594. The molecule has 0 saturated carbocycles. The number of benzene rings is 2. The number of anilines is 1. The van der Waals surface area contributed by atoms with Crippen LogP contribution in [0.5, 0.6) is 0 Å². The van der Waals surface area contributed by atoms with Crippen LogP contribution in [-0.2, 0) is 0 Å². The molecule has 88 valence electrons. The maximum atomic E-state index is 14.0. The monoisotopic (exact) mass is 313 g/mol. The van der Waals surface area contributed by atoms with Gasteiger partial charge in [-0.05, 0) is 40.5 Å². The Morgan fingerprint density at radius 2 is 1.82 bits per heavy atom. The van der Waals surface area contributed by atoms with Crippen molar-refractivity contribution in [3.63, 3.8) is 0 Å². The van der Waals surface area contributed by atoms with Gasteiger partial charge in [-0.15, -0.1) is 0 Å². The first-order chi connectivity index (χ1) is 8.00. The largest absolute Gasteiger partial charge is 0.398 e. The van der Waals surface area contributed by atoms with Crippen LogP contribution in [0, 0.1) is 12.7 Å². The van der Waals surface area contributed by atoms with E-state index in [2.05, 4.69) is 15.9 Å². The molecule has 2 aromatic carbocycles. The second-order valence-corrected chi connectivity index (χ2v) is 5.05. The molecule has 1 nitrogen and oxygen atoms in total. The highest BCUT2D eigenvalue weighted by Gasteiger charge is 2.13. The van der Waals surface area contributed by atoms with Crippen molar-refractivity contribution in [2.45, 2.75) is 6.92 Å². The number of aryl methyl sites for hydroxylation is 1. The van der Waals surface area contributed by atoms with Gasteiger partial charge in [-0.1, -0.05) is 29.8 Å². The molecule has 2 rings (SSSR count). The lowest BCUT2D eigenvalue weighted by Gasteiger charge is -2.09. The lowest BCUT2D eigenvalue weighted by molar-refractivity contribution is 0.631. The van der Waals surface area contributed by atoms with E-state index in [0.29, 0.717) is 21.3 Å². The Kier molecular flexibility index (Phi) is 3.40. The van der Waals surface area contributed by atoms with Crippen molar-refractivity contribution in [2.24, 2.45) is 0 Å². The molecule has 0 spiro atoms. The maximum Gasteiger partial charge on any atom is 0.150 e. The Labute approximate surface area is 113 Å². The summed E-state index contributed by atoms with van der Waals surface area (Å²) in [5.74, 6) is -0.461. The van der Waals surface area contributed by atoms with Crippen molar-refractivity contribution in [3.05, 3.63) is 51.2 Å². The highest BCUT2D eigenvalue weighted by molar-refractivity contribution is 9.10. The zero-order valence-corrected chi connectivity index (χ0v) is 11.4. The molecule has 0 aliphatic rings. The van der Waals surface area contributed by atoms with Crippen LogP contribution in [-0.4, -0.2) is 0 Å². The minimum atomic E-state index is -0.461. The number of halogens is 3. The van der Waals surface area contributed by atoms with Crippen LogP contribution < -0.4 is 5.73 Å². The number of rotatable bonds is 1. The first-order valence-corrected chi connectivity index (χ1v) is 6.18. The molecule has 0 amide bonds. The van der Waals surface area contributed by atoms with Crippen LogP contribution in [0.25, 0.3) is 11.1 Å². The molecule has 0 unspecified atom stereocenters. The topological polar surface area (TPSA) is 26.0 Å². The molecular weight excluding hydrogens is 305 g/mol. The molecule has 0 bridgehead atoms. The smallest absolute Gasteiger partial charge is 0.150 e. The summed E-state index contributed by atoms with van der Waals surface area (Å²) >= 11 is 9.03. The summed E-state index contributed by atoms with van der Waals surface area (Å²) in [6.07, 6.45) is 0. The third-order valence-corrected chi connectivity index (χ3v) is 3.79. The van der Waals surface area contributed by atoms with Crippen LogP contribution in [0.4, 0.5) is 10.1 Å². The van der Waals surface area contributed by atoms with Crippen molar-refractivity contribution < 1.29 is 4.39 Å². The van der Waals surface area contributed by atoms with E-state index < -0.39 is 5.82 Å². The van der Waals surface area contributed by atoms with Crippen molar-refractivity contribution in [1.82, 2.24) is 0 Å². The average molecular weight is 315 g/mol. The van der Waals surface area contributed by atoms with Crippen LogP contribution >= 0.6 is 27.5 Å². The van der Waals surface area contributed by atoms with Gasteiger partial charge in [0.15, 0.2) is 5.82 Å². The Hall–Kier alpha value is -1.06. The molecule has 0 aromatic heterocycles. The van der Waals surface area contributed by atoms with E-state index in [1.807, 2.05) is 19.1 Å². The fourth-order valence-electron chi connectivity index (χ4n) is 1.66. The molecule has 17 heavy (non-hydrogen) atoms. The predicted molar refractivity (Wildman–Crippen MR) is 73.7 cm³/mol. The summed E-state index contributed by atoms with van der Waals surface area (Å²) in [6, 6.07) is 8.87. The van der Waals surface area contributed by atoms with Gasteiger partial charge < -0.3 is 5.73 Å². The maximum absolute atomic E-state index is 14.0. The van der Waals surface area contributed by atoms with Crippen molar-refractivity contribution >= 4 is 33.2 Å². The van der Waals surface area contributed by atoms with Crippen molar-refractivity contribution in [2.75, 3.05) is 5.73 Å². The van der Waals surface area contributed by atoms with Crippen LogP contribution in [0.2, 0.25) is 5.02 Å². The number of hydrogen-bond donors (Lipinski definition) is 1. The van der Waals surface area contributed by atoms with Gasteiger partial charge in [0.05, 0.1) is 5.02 Å². The Bertz CT molecular complexity index is 584. The molecule has 0 atom stereocenters. The highest BCUT2D eigenvalue weighted by Crippen LogP contribution is 2.35. The molecule has 2 N–H and O–H groups in total. The third kappa shape index (κ3) is 2.31. The van der Waals surface area contributed by atoms with Crippen LogP contribution in [0.15, 0.2) is 34.8 Å². The van der Waals surface area contributed by atoms with E-state index in [1.165, 1.54) is 0 Å². The fraction of sp³-hybridized carbons (Fsp3) is 0.0769. The van der Waals surface area contributed by atoms with Gasteiger partial charge in [0.1, 0.15) is 0 Å². The predicted octanol–water partition coefficient (Wildman–Crippen LogP) is 4.80. The Morgan fingerprint density at radius 3 is 2.47 bits per heavy atom. The van der Waals surface area contributed by atoms with E-state index >= 15 is 0 Å². The summed E-state index contributed by atoms with van der Waals surface area (Å²) < 4.78 is 14.5. The summed E-state index contributed by atoms with van der Waals surface area (Å²) in [7, 11) is 0. The Balaban J connectivity index is 2.65. The van der Waals surface area contributed by atoms with E-state index in [1.54, 1.807) is 18.2 Å². The molecular formula is C13H10BrClFN. The lowest BCUT2D eigenvalue weighted by atomic mass is 10.0.